The average Bonchev–Trinajstić information content (AvgIpc) is 3.12. The second-order valence-electron chi connectivity index (χ2n) is 17.6. The zero-order chi connectivity index (χ0) is 33.8. The first-order valence-corrected chi connectivity index (χ1v) is 19.2. The Labute approximate surface area is 298 Å². The Balaban J connectivity index is 1.23. The monoisotopic (exact) mass is 655 g/mol. The summed E-state index contributed by atoms with van der Waals surface area (Å²) in [4.78, 5) is 2.49. The molecule has 1 heterocycles. The van der Waals surface area contributed by atoms with E-state index in [0.717, 1.165) is 29.0 Å². The van der Waals surface area contributed by atoms with Gasteiger partial charge in [0.1, 0.15) is 5.75 Å². The number of ether oxygens (including phenoxy) is 1. The van der Waals surface area contributed by atoms with Crippen LogP contribution in [0.5, 0.6) is 11.5 Å². The zero-order valence-electron chi connectivity index (χ0n) is 30.1. The molecule has 2 nitrogen and oxygen atoms in total. The number of benzene rings is 5. The average molecular weight is 656 g/mol. The van der Waals surface area contributed by atoms with Crippen LogP contribution in [0.1, 0.15) is 94.9 Å². The Morgan fingerprint density at radius 2 is 1.20 bits per heavy atom. The lowest BCUT2D eigenvalue weighted by molar-refractivity contribution is -0.0449. The van der Waals surface area contributed by atoms with E-state index in [2.05, 4.69) is 148 Å². The van der Waals surface area contributed by atoms with E-state index in [0.29, 0.717) is 11.8 Å². The number of hydrogen-bond acceptors (Lipinski definition) is 2. The molecule has 1 spiro atoms. The van der Waals surface area contributed by atoms with Crippen LogP contribution in [-0.2, 0) is 16.2 Å². The van der Waals surface area contributed by atoms with Crippen molar-refractivity contribution in [3.05, 3.63) is 138 Å². The molecule has 0 amide bonds. The Bertz CT molecular complexity index is 2080. The van der Waals surface area contributed by atoms with Crippen LogP contribution in [0, 0.1) is 23.7 Å². The minimum absolute atomic E-state index is 0.0665. The first-order chi connectivity index (χ1) is 24.2. The molecule has 6 aliphatic rings. The first-order valence-electron chi connectivity index (χ1n) is 19.2. The third-order valence-corrected chi connectivity index (χ3v) is 14.0. The van der Waals surface area contributed by atoms with Gasteiger partial charge in [0, 0.05) is 27.9 Å². The van der Waals surface area contributed by atoms with Gasteiger partial charge in [0.05, 0.1) is 5.69 Å². The fourth-order valence-corrected chi connectivity index (χ4v) is 11.8. The molecule has 5 aliphatic carbocycles. The number of nitrogens with zero attached hydrogens (tertiary/aromatic N) is 1. The summed E-state index contributed by atoms with van der Waals surface area (Å²) in [6.45, 7) is 9.71. The zero-order valence-corrected chi connectivity index (χ0v) is 30.1. The smallest absolute Gasteiger partial charge is 0.155 e. The van der Waals surface area contributed by atoms with Crippen LogP contribution in [-0.4, -0.2) is 0 Å². The Hall–Kier alpha value is -4.30. The highest BCUT2D eigenvalue weighted by Crippen LogP contribution is 2.71. The van der Waals surface area contributed by atoms with Gasteiger partial charge < -0.3 is 9.64 Å². The molecule has 2 heteroatoms. The molecule has 5 aromatic rings. The molecular weight excluding hydrogens is 607 g/mol. The van der Waals surface area contributed by atoms with Crippen LogP contribution in [0.3, 0.4) is 0 Å². The number of para-hydroxylation sites is 2. The number of hydrogen-bond donors (Lipinski definition) is 0. The molecule has 0 aromatic heterocycles. The highest BCUT2D eigenvalue weighted by Gasteiger charge is 2.62. The van der Waals surface area contributed by atoms with Crippen molar-refractivity contribution in [2.24, 2.45) is 23.7 Å². The Morgan fingerprint density at radius 3 is 1.90 bits per heavy atom. The largest absolute Gasteiger partial charge is 0.454 e. The van der Waals surface area contributed by atoms with E-state index in [-0.39, 0.29) is 16.2 Å². The predicted molar refractivity (Wildman–Crippen MR) is 206 cm³/mol. The van der Waals surface area contributed by atoms with E-state index in [9.17, 15) is 0 Å². The van der Waals surface area contributed by atoms with Crippen molar-refractivity contribution in [3.63, 3.8) is 0 Å². The van der Waals surface area contributed by atoms with Gasteiger partial charge >= 0.3 is 0 Å². The second kappa shape index (κ2) is 10.8. The lowest BCUT2D eigenvalue weighted by atomic mass is 9.41. The molecule has 0 atom stereocenters. The second-order valence-corrected chi connectivity index (χ2v) is 17.6. The van der Waals surface area contributed by atoms with Crippen molar-refractivity contribution in [1.82, 2.24) is 0 Å². The van der Waals surface area contributed by atoms with Gasteiger partial charge in [-0.1, -0.05) is 107 Å². The molecule has 0 radical (unpaired) electrons. The maximum atomic E-state index is 7.37. The highest BCUT2D eigenvalue weighted by atomic mass is 16.5. The van der Waals surface area contributed by atoms with Gasteiger partial charge in [-0.2, -0.15) is 0 Å². The van der Waals surface area contributed by atoms with E-state index >= 15 is 0 Å². The Morgan fingerprint density at radius 1 is 0.560 bits per heavy atom. The highest BCUT2D eigenvalue weighted by molar-refractivity contribution is 5.85. The summed E-state index contributed by atoms with van der Waals surface area (Å²) < 4.78 is 7.37. The first kappa shape index (κ1) is 30.5. The minimum Gasteiger partial charge on any atom is -0.454 e. The van der Waals surface area contributed by atoms with Gasteiger partial charge in [-0.05, 0) is 138 Å². The van der Waals surface area contributed by atoms with Crippen molar-refractivity contribution < 1.29 is 4.74 Å². The van der Waals surface area contributed by atoms with Crippen molar-refractivity contribution >= 4 is 17.1 Å². The molecule has 4 fully saturated rings. The van der Waals surface area contributed by atoms with E-state index in [4.69, 9.17) is 4.74 Å². The van der Waals surface area contributed by atoms with E-state index in [1.807, 2.05) is 0 Å². The van der Waals surface area contributed by atoms with Crippen molar-refractivity contribution in [3.8, 4) is 22.6 Å². The third kappa shape index (κ3) is 4.33. The summed E-state index contributed by atoms with van der Waals surface area (Å²) in [6, 6.07) is 43.4. The molecule has 0 unspecified atom stereocenters. The fourth-order valence-electron chi connectivity index (χ4n) is 11.8. The number of fused-ring (bicyclic) bond motifs is 3. The van der Waals surface area contributed by atoms with E-state index in [1.54, 1.807) is 0 Å². The van der Waals surface area contributed by atoms with E-state index < -0.39 is 0 Å². The van der Waals surface area contributed by atoms with Crippen LogP contribution in [0.4, 0.5) is 17.1 Å². The van der Waals surface area contributed by atoms with Crippen molar-refractivity contribution in [2.45, 2.75) is 88.9 Å². The number of rotatable bonds is 4. The van der Waals surface area contributed by atoms with E-state index in [1.165, 1.54) is 89.7 Å². The van der Waals surface area contributed by atoms with Gasteiger partial charge in [-0.3, -0.25) is 0 Å². The summed E-state index contributed by atoms with van der Waals surface area (Å²) in [7, 11) is 0. The molecular formula is C48H49NO. The third-order valence-electron chi connectivity index (χ3n) is 14.0. The SMILES string of the molecule is CC1(C)CCC(C)(C)c2cc(N(c3ccccc3)c3cccc4c3Oc3cccc(-c5ccccc5)c3C43C4CC5CC(C4)CC3C5)ccc21. The van der Waals surface area contributed by atoms with Gasteiger partial charge in [0.2, 0.25) is 0 Å². The molecule has 0 saturated heterocycles. The number of anilines is 3. The summed E-state index contributed by atoms with van der Waals surface area (Å²) in [5, 5.41) is 0. The van der Waals surface area contributed by atoms with Crippen LogP contribution < -0.4 is 9.64 Å². The predicted octanol–water partition coefficient (Wildman–Crippen LogP) is 13.0. The quantitative estimate of drug-likeness (QED) is 0.191. The van der Waals surface area contributed by atoms with Crippen LogP contribution in [0.2, 0.25) is 0 Å². The summed E-state index contributed by atoms with van der Waals surface area (Å²) in [5.41, 5.74) is 12.2. The molecule has 5 aromatic carbocycles. The maximum Gasteiger partial charge on any atom is 0.155 e. The Kier molecular flexibility index (Phi) is 6.62. The standard InChI is InChI=1S/C48H49NO/c1-46(2)23-24-47(3,4)41-30-37(21-22-39(41)46)49(36-15-9-6-10-16-36)42-19-12-18-40-45(42)50-43-20-11-17-38(33-13-7-5-8-14-33)44(43)48(40)34-26-31-25-32(28-34)29-35(48)27-31/h5-22,30-32,34-35H,23-29H2,1-4H3. The molecule has 252 valence electrons. The van der Waals surface area contributed by atoms with Crippen molar-refractivity contribution in [2.75, 3.05) is 4.90 Å². The maximum absolute atomic E-state index is 7.37. The lowest BCUT2D eigenvalue weighted by Crippen LogP contribution is -2.57. The van der Waals surface area contributed by atoms with Crippen LogP contribution >= 0.6 is 0 Å². The minimum atomic E-state index is -0.0665. The molecule has 4 saturated carbocycles. The van der Waals surface area contributed by atoms with Gasteiger partial charge in [-0.25, -0.2) is 0 Å². The van der Waals surface area contributed by atoms with Crippen LogP contribution in [0.25, 0.3) is 11.1 Å². The van der Waals surface area contributed by atoms with Gasteiger partial charge in [-0.15, -0.1) is 0 Å². The molecule has 1 aliphatic heterocycles. The summed E-state index contributed by atoms with van der Waals surface area (Å²) in [5.74, 6) is 5.09. The van der Waals surface area contributed by atoms with Crippen LogP contribution in [0.15, 0.2) is 115 Å². The molecule has 4 bridgehead atoms. The summed E-state index contributed by atoms with van der Waals surface area (Å²) >= 11 is 0. The van der Waals surface area contributed by atoms with Gasteiger partial charge in [0.15, 0.2) is 5.75 Å². The molecule has 11 rings (SSSR count). The van der Waals surface area contributed by atoms with Crippen molar-refractivity contribution in [1.29, 1.82) is 0 Å². The normalized spacial score (nSPS) is 27.6. The topological polar surface area (TPSA) is 12.5 Å². The lowest BCUT2D eigenvalue weighted by Gasteiger charge is -2.63. The fraction of sp³-hybridized carbons (Fsp3) is 0.375. The van der Waals surface area contributed by atoms with Gasteiger partial charge in [0.25, 0.3) is 0 Å². The molecule has 50 heavy (non-hydrogen) atoms. The summed E-state index contributed by atoms with van der Waals surface area (Å²) in [6.07, 6.45) is 9.17. The molecule has 0 N–H and O–H groups in total.